The Kier molecular flexibility index (Phi) is 4.99. The normalized spacial score (nSPS) is 10.2. The molecule has 0 aliphatic carbocycles. The average Bonchev–Trinajstić information content (AvgIpc) is 2.35. The van der Waals surface area contributed by atoms with Crippen molar-refractivity contribution in [2.45, 2.75) is 20.3 Å². The molecule has 0 aliphatic heterocycles. The van der Waals surface area contributed by atoms with Crippen molar-refractivity contribution < 1.29 is 4.79 Å². The Morgan fingerprint density at radius 1 is 1.25 bits per heavy atom. The molecule has 16 heavy (non-hydrogen) atoms. The van der Waals surface area contributed by atoms with Crippen LogP contribution in [0.4, 0.5) is 0 Å². The second-order valence-corrected chi connectivity index (χ2v) is 3.72. The summed E-state index contributed by atoms with van der Waals surface area (Å²) in [5.74, 6) is 0.0654. The first kappa shape index (κ1) is 12.7. The van der Waals surface area contributed by atoms with E-state index in [1.54, 1.807) is 4.90 Å². The van der Waals surface area contributed by atoms with Gasteiger partial charge in [-0.1, -0.05) is 19.1 Å². The molecule has 0 saturated carbocycles. The molecule has 1 aromatic rings. The van der Waals surface area contributed by atoms with Gasteiger partial charge in [-0.15, -0.1) is 0 Å². The van der Waals surface area contributed by atoms with Gasteiger partial charge in [0.15, 0.2) is 0 Å². The van der Waals surface area contributed by atoms with Gasteiger partial charge < -0.3 is 10.6 Å². The molecular weight excluding hydrogens is 200 g/mol. The van der Waals surface area contributed by atoms with Crippen LogP contribution in [0.15, 0.2) is 24.3 Å². The van der Waals surface area contributed by atoms with Gasteiger partial charge in [-0.3, -0.25) is 4.79 Å². The van der Waals surface area contributed by atoms with E-state index in [-0.39, 0.29) is 5.91 Å². The van der Waals surface area contributed by atoms with Crippen molar-refractivity contribution in [1.82, 2.24) is 4.90 Å². The highest BCUT2D eigenvalue weighted by Crippen LogP contribution is 2.08. The number of nitrogens with two attached hydrogens (primary N) is 1. The number of carbonyl (C=O) groups excluding carboxylic acids is 1. The number of hydrogen-bond donors (Lipinski definition) is 1. The minimum absolute atomic E-state index is 0.0654. The average molecular weight is 220 g/mol. The molecule has 88 valence electrons. The topological polar surface area (TPSA) is 46.3 Å². The Morgan fingerprint density at radius 2 is 1.88 bits per heavy atom. The van der Waals surface area contributed by atoms with Crippen LogP contribution in [-0.2, 0) is 6.42 Å². The predicted octanol–water partition coefficient (Wildman–Crippen LogP) is 1.67. The number of hydrogen-bond acceptors (Lipinski definition) is 2. The summed E-state index contributed by atoms with van der Waals surface area (Å²) in [5, 5.41) is 0. The maximum absolute atomic E-state index is 12.0. The molecule has 0 fully saturated rings. The zero-order valence-corrected chi connectivity index (χ0v) is 10.1. The second-order valence-electron chi connectivity index (χ2n) is 3.72. The minimum atomic E-state index is 0.0654. The summed E-state index contributed by atoms with van der Waals surface area (Å²) < 4.78 is 0. The van der Waals surface area contributed by atoms with Crippen LogP contribution in [0.3, 0.4) is 0 Å². The van der Waals surface area contributed by atoms with Crippen LogP contribution in [0.5, 0.6) is 0 Å². The SMILES string of the molecule is CCc1ccc(C(=O)N(CC)CCN)cc1. The predicted molar refractivity (Wildman–Crippen MR) is 66.5 cm³/mol. The standard InChI is InChI=1S/C13H20N2O/c1-3-11-5-7-12(8-6-11)13(16)15(4-2)10-9-14/h5-8H,3-4,9-10,14H2,1-2H3. The molecule has 1 aromatic carbocycles. The van der Waals surface area contributed by atoms with Crippen LogP contribution in [0.2, 0.25) is 0 Å². The lowest BCUT2D eigenvalue weighted by molar-refractivity contribution is 0.0769. The molecule has 1 amide bonds. The van der Waals surface area contributed by atoms with Crippen LogP contribution in [0, 0.1) is 0 Å². The first-order valence-corrected chi connectivity index (χ1v) is 5.81. The third-order valence-electron chi connectivity index (χ3n) is 2.68. The third-order valence-corrected chi connectivity index (χ3v) is 2.68. The second kappa shape index (κ2) is 6.28. The lowest BCUT2D eigenvalue weighted by Gasteiger charge is -2.20. The summed E-state index contributed by atoms with van der Waals surface area (Å²) >= 11 is 0. The van der Waals surface area contributed by atoms with Crippen LogP contribution in [-0.4, -0.2) is 30.4 Å². The van der Waals surface area contributed by atoms with Crippen molar-refractivity contribution in [3.8, 4) is 0 Å². The lowest BCUT2D eigenvalue weighted by atomic mass is 10.1. The van der Waals surface area contributed by atoms with E-state index in [1.807, 2.05) is 31.2 Å². The zero-order chi connectivity index (χ0) is 12.0. The molecular formula is C13H20N2O. The van der Waals surface area contributed by atoms with E-state index in [4.69, 9.17) is 5.73 Å². The quantitative estimate of drug-likeness (QED) is 0.820. The van der Waals surface area contributed by atoms with Crippen molar-refractivity contribution in [2.75, 3.05) is 19.6 Å². The maximum atomic E-state index is 12.0. The van der Waals surface area contributed by atoms with Gasteiger partial charge in [0.2, 0.25) is 0 Å². The molecule has 0 atom stereocenters. The highest BCUT2D eigenvalue weighted by atomic mass is 16.2. The molecule has 0 heterocycles. The van der Waals surface area contributed by atoms with Gasteiger partial charge >= 0.3 is 0 Å². The van der Waals surface area contributed by atoms with E-state index < -0.39 is 0 Å². The molecule has 0 bridgehead atoms. The highest BCUT2D eigenvalue weighted by Gasteiger charge is 2.12. The molecule has 1 rings (SSSR count). The van der Waals surface area contributed by atoms with Gasteiger partial charge in [0, 0.05) is 25.2 Å². The van der Waals surface area contributed by atoms with E-state index >= 15 is 0 Å². The van der Waals surface area contributed by atoms with Crippen molar-refractivity contribution >= 4 is 5.91 Å². The van der Waals surface area contributed by atoms with Gasteiger partial charge in [-0.2, -0.15) is 0 Å². The van der Waals surface area contributed by atoms with E-state index in [2.05, 4.69) is 6.92 Å². The van der Waals surface area contributed by atoms with Crippen molar-refractivity contribution in [1.29, 1.82) is 0 Å². The lowest BCUT2D eigenvalue weighted by Crippen LogP contribution is -2.35. The minimum Gasteiger partial charge on any atom is -0.338 e. The molecule has 2 N–H and O–H groups in total. The Labute approximate surface area is 97.2 Å². The van der Waals surface area contributed by atoms with Crippen molar-refractivity contribution in [3.63, 3.8) is 0 Å². The fraction of sp³-hybridized carbons (Fsp3) is 0.462. The number of amides is 1. The number of aryl methyl sites for hydroxylation is 1. The number of nitrogens with zero attached hydrogens (tertiary/aromatic N) is 1. The summed E-state index contributed by atoms with van der Waals surface area (Å²) in [7, 11) is 0. The van der Waals surface area contributed by atoms with Crippen molar-refractivity contribution in [2.24, 2.45) is 5.73 Å². The van der Waals surface area contributed by atoms with E-state index in [0.717, 1.165) is 12.0 Å². The number of likely N-dealkylation sites (N-methyl/N-ethyl adjacent to an activating group) is 1. The van der Waals surface area contributed by atoms with E-state index in [9.17, 15) is 4.79 Å². The number of rotatable bonds is 5. The van der Waals surface area contributed by atoms with Crippen LogP contribution >= 0.6 is 0 Å². The monoisotopic (exact) mass is 220 g/mol. The van der Waals surface area contributed by atoms with Gasteiger partial charge in [0.1, 0.15) is 0 Å². The number of benzene rings is 1. The Morgan fingerprint density at radius 3 is 2.31 bits per heavy atom. The first-order valence-electron chi connectivity index (χ1n) is 5.81. The first-order chi connectivity index (χ1) is 7.72. The Hall–Kier alpha value is -1.35. The summed E-state index contributed by atoms with van der Waals surface area (Å²) in [6, 6.07) is 7.79. The Balaban J connectivity index is 2.78. The molecule has 3 heteroatoms. The smallest absolute Gasteiger partial charge is 0.253 e. The number of carbonyl (C=O) groups is 1. The summed E-state index contributed by atoms with van der Waals surface area (Å²) in [6.45, 7) is 5.89. The zero-order valence-electron chi connectivity index (χ0n) is 10.1. The summed E-state index contributed by atoms with van der Waals surface area (Å²) in [6.07, 6.45) is 0.995. The van der Waals surface area contributed by atoms with E-state index in [0.29, 0.717) is 19.6 Å². The van der Waals surface area contributed by atoms with Gasteiger partial charge in [-0.05, 0) is 31.0 Å². The molecule has 0 spiro atoms. The molecule has 0 radical (unpaired) electrons. The van der Waals surface area contributed by atoms with E-state index in [1.165, 1.54) is 5.56 Å². The van der Waals surface area contributed by atoms with Crippen LogP contribution in [0.25, 0.3) is 0 Å². The fourth-order valence-electron chi connectivity index (χ4n) is 1.62. The van der Waals surface area contributed by atoms with Gasteiger partial charge in [0.05, 0.1) is 0 Å². The summed E-state index contributed by atoms with van der Waals surface area (Å²) in [4.78, 5) is 13.8. The fourth-order valence-corrected chi connectivity index (χ4v) is 1.62. The molecule has 0 aromatic heterocycles. The maximum Gasteiger partial charge on any atom is 0.253 e. The molecule has 0 unspecified atom stereocenters. The van der Waals surface area contributed by atoms with Crippen LogP contribution < -0.4 is 5.73 Å². The highest BCUT2D eigenvalue weighted by molar-refractivity contribution is 5.94. The largest absolute Gasteiger partial charge is 0.338 e. The van der Waals surface area contributed by atoms with Crippen molar-refractivity contribution in [3.05, 3.63) is 35.4 Å². The molecule has 0 aliphatic rings. The van der Waals surface area contributed by atoms with Gasteiger partial charge in [-0.25, -0.2) is 0 Å². The van der Waals surface area contributed by atoms with Gasteiger partial charge in [0.25, 0.3) is 5.91 Å². The Bertz CT molecular complexity index is 332. The van der Waals surface area contributed by atoms with Crippen LogP contribution in [0.1, 0.15) is 29.8 Å². The molecule has 0 saturated heterocycles. The third kappa shape index (κ3) is 3.07. The molecule has 3 nitrogen and oxygen atoms in total. The summed E-state index contributed by atoms with van der Waals surface area (Å²) in [5.41, 5.74) is 7.46.